The summed E-state index contributed by atoms with van der Waals surface area (Å²) in [5.41, 5.74) is 5.94. The third kappa shape index (κ3) is 6.91. The first-order valence-electron chi connectivity index (χ1n) is 10.00. The lowest BCUT2D eigenvalue weighted by Crippen LogP contribution is -2.28. The van der Waals surface area contributed by atoms with Crippen LogP contribution < -0.4 is 25.0 Å². The largest absolute Gasteiger partial charge is 0.493 e. The molecule has 0 fully saturated rings. The van der Waals surface area contributed by atoms with Crippen molar-refractivity contribution in [3.05, 3.63) is 53.1 Å². The van der Waals surface area contributed by atoms with Gasteiger partial charge in [-0.1, -0.05) is 32.0 Å². The first kappa shape index (κ1) is 23.5. The highest BCUT2D eigenvalue weighted by Gasteiger charge is 2.11. The van der Waals surface area contributed by atoms with Crippen molar-refractivity contribution in [2.24, 2.45) is 5.10 Å². The second-order valence-electron chi connectivity index (χ2n) is 7.07. The molecule has 2 aromatic rings. The predicted octanol–water partition coefficient (Wildman–Crippen LogP) is 4.40. The fourth-order valence-electron chi connectivity index (χ4n) is 2.82. The Kier molecular flexibility index (Phi) is 9.41. The van der Waals surface area contributed by atoms with E-state index in [1.54, 1.807) is 20.4 Å². The second-order valence-corrected chi connectivity index (χ2v) is 7.48. The quantitative estimate of drug-likeness (QED) is 0.253. The van der Waals surface area contributed by atoms with E-state index in [4.69, 9.17) is 26.4 Å². The van der Waals surface area contributed by atoms with Crippen LogP contribution in [-0.4, -0.2) is 38.7 Å². The molecule has 0 aliphatic carbocycles. The zero-order valence-corrected chi connectivity index (χ0v) is 19.1. The van der Waals surface area contributed by atoms with Gasteiger partial charge in [0, 0.05) is 19.0 Å². The van der Waals surface area contributed by atoms with Crippen molar-refractivity contribution >= 4 is 23.5 Å². The monoisotopic (exact) mass is 429 g/mol. The van der Waals surface area contributed by atoms with Gasteiger partial charge in [-0.3, -0.25) is 5.43 Å². The number of aryl methyl sites for hydroxylation is 1. The Morgan fingerprint density at radius 1 is 1.13 bits per heavy atom. The van der Waals surface area contributed by atoms with Gasteiger partial charge in [0.15, 0.2) is 16.6 Å². The summed E-state index contributed by atoms with van der Waals surface area (Å²) in [4.78, 5) is 0. The van der Waals surface area contributed by atoms with Crippen LogP contribution in [0.5, 0.6) is 17.2 Å². The van der Waals surface area contributed by atoms with E-state index in [-0.39, 0.29) is 0 Å². The van der Waals surface area contributed by atoms with Crippen LogP contribution in [0.15, 0.2) is 41.5 Å². The summed E-state index contributed by atoms with van der Waals surface area (Å²) in [5, 5.41) is 7.36. The Hall–Kier alpha value is -2.80. The number of hydrazone groups is 1. The number of hydrogen-bond donors (Lipinski definition) is 2. The SMILES string of the molecule is CNC(=S)N/N=C/c1cccc(OC)c1OCCCOc1cc(C)ccc1C(C)C. The average molecular weight is 430 g/mol. The van der Waals surface area contributed by atoms with E-state index in [1.807, 2.05) is 18.2 Å². The lowest BCUT2D eigenvalue weighted by atomic mass is 10.0. The van der Waals surface area contributed by atoms with Gasteiger partial charge in [-0.2, -0.15) is 5.10 Å². The molecular weight excluding hydrogens is 398 g/mol. The number of ether oxygens (including phenoxy) is 3. The maximum atomic E-state index is 6.04. The van der Waals surface area contributed by atoms with E-state index in [0.717, 1.165) is 17.7 Å². The molecule has 0 spiro atoms. The Labute approximate surface area is 184 Å². The molecule has 2 rings (SSSR count). The number of nitrogens with zero attached hydrogens (tertiary/aromatic N) is 1. The third-order valence-electron chi connectivity index (χ3n) is 4.41. The highest BCUT2D eigenvalue weighted by atomic mass is 32.1. The molecular formula is C23H31N3O3S. The fourth-order valence-corrected chi connectivity index (χ4v) is 2.88. The molecule has 0 bridgehead atoms. The first-order chi connectivity index (χ1) is 14.5. The predicted molar refractivity (Wildman–Crippen MR) is 126 cm³/mol. The number of benzene rings is 2. The molecule has 0 aliphatic heterocycles. The summed E-state index contributed by atoms with van der Waals surface area (Å²) in [5.74, 6) is 2.65. The lowest BCUT2D eigenvalue weighted by Gasteiger charge is -2.16. The molecule has 2 aromatic carbocycles. The summed E-state index contributed by atoms with van der Waals surface area (Å²) in [6.07, 6.45) is 2.39. The maximum Gasteiger partial charge on any atom is 0.186 e. The summed E-state index contributed by atoms with van der Waals surface area (Å²) in [6, 6.07) is 12.0. The average Bonchev–Trinajstić information content (AvgIpc) is 2.73. The molecule has 0 aromatic heterocycles. The Morgan fingerprint density at radius 2 is 1.90 bits per heavy atom. The molecule has 6 nitrogen and oxygen atoms in total. The molecule has 2 N–H and O–H groups in total. The Morgan fingerprint density at radius 3 is 2.60 bits per heavy atom. The van der Waals surface area contributed by atoms with E-state index >= 15 is 0 Å². The number of thiocarbonyl (C=S) groups is 1. The molecule has 0 unspecified atom stereocenters. The van der Waals surface area contributed by atoms with Gasteiger partial charge in [0.2, 0.25) is 0 Å². The highest BCUT2D eigenvalue weighted by Crippen LogP contribution is 2.30. The van der Waals surface area contributed by atoms with Crippen LogP contribution in [0.2, 0.25) is 0 Å². The lowest BCUT2D eigenvalue weighted by molar-refractivity contribution is 0.239. The van der Waals surface area contributed by atoms with Gasteiger partial charge in [-0.25, -0.2) is 0 Å². The number of rotatable bonds is 10. The third-order valence-corrected chi connectivity index (χ3v) is 4.71. The van der Waals surface area contributed by atoms with E-state index in [2.05, 4.69) is 54.8 Å². The van der Waals surface area contributed by atoms with Crippen LogP contribution in [-0.2, 0) is 0 Å². The molecule has 30 heavy (non-hydrogen) atoms. The summed E-state index contributed by atoms with van der Waals surface area (Å²) in [7, 11) is 3.35. The highest BCUT2D eigenvalue weighted by molar-refractivity contribution is 7.80. The van der Waals surface area contributed by atoms with Crippen molar-refractivity contribution in [3.63, 3.8) is 0 Å². The van der Waals surface area contributed by atoms with Crippen molar-refractivity contribution in [3.8, 4) is 17.2 Å². The van der Waals surface area contributed by atoms with E-state index in [1.165, 1.54) is 11.1 Å². The van der Waals surface area contributed by atoms with Crippen molar-refractivity contribution in [1.82, 2.24) is 10.7 Å². The topological polar surface area (TPSA) is 64.1 Å². The molecule has 0 saturated heterocycles. The van der Waals surface area contributed by atoms with Gasteiger partial charge in [0.05, 0.1) is 26.5 Å². The van der Waals surface area contributed by atoms with Gasteiger partial charge in [0.25, 0.3) is 0 Å². The maximum absolute atomic E-state index is 6.04. The van der Waals surface area contributed by atoms with Crippen molar-refractivity contribution in [2.75, 3.05) is 27.4 Å². The van der Waals surface area contributed by atoms with Gasteiger partial charge in [-0.05, 0) is 54.4 Å². The molecule has 0 amide bonds. The number of nitrogens with one attached hydrogen (secondary N) is 2. The van der Waals surface area contributed by atoms with Gasteiger partial charge in [0.1, 0.15) is 5.75 Å². The minimum atomic E-state index is 0.414. The number of methoxy groups -OCH3 is 1. The number of hydrogen-bond acceptors (Lipinski definition) is 5. The zero-order chi connectivity index (χ0) is 21.9. The molecule has 0 heterocycles. The van der Waals surface area contributed by atoms with Crippen LogP contribution >= 0.6 is 12.2 Å². The van der Waals surface area contributed by atoms with Crippen LogP contribution in [0.1, 0.15) is 42.9 Å². The molecule has 162 valence electrons. The fraction of sp³-hybridized carbons (Fsp3) is 0.391. The molecule has 0 saturated carbocycles. The van der Waals surface area contributed by atoms with E-state index in [9.17, 15) is 0 Å². The minimum absolute atomic E-state index is 0.414. The van der Waals surface area contributed by atoms with Crippen LogP contribution in [0.25, 0.3) is 0 Å². The molecule has 0 radical (unpaired) electrons. The minimum Gasteiger partial charge on any atom is -0.493 e. The molecule has 0 aliphatic rings. The molecule has 0 atom stereocenters. The van der Waals surface area contributed by atoms with Crippen LogP contribution in [0.4, 0.5) is 0 Å². The van der Waals surface area contributed by atoms with Gasteiger partial charge < -0.3 is 19.5 Å². The second kappa shape index (κ2) is 12.0. The number of para-hydroxylation sites is 1. The van der Waals surface area contributed by atoms with E-state index in [0.29, 0.717) is 35.7 Å². The van der Waals surface area contributed by atoms with Crippen molar-refractivity contribution < 1.29 is 14.2 Å². The molecule has 7 heteroatoms. The van der Waals surface area contributed by atoms with Gasteiger partial charge >= 0.3 is 0 Å². The van der Waals surface area contributed by atoms with Gasteiger partial charge in [-0.15, -0.1) is 0 Å². The smallest absolute Gasteiger partial charge is 0.186 e. The van der Waals surface area contributed by atoms with Crippen molar-refractivity contribution in [1.29, 1.82) is 0 Å². The summed E-state index contributed by atoms with van der Waals surface area (Å²) >= 11 is 5.02. The standard InChI is InChI=1S/C23H31N3O3S/c1-16(2)19-11-10-17(3)14-21(19)28-12-7-13-29-22-18(8-6-9-20(22)27-5)15-25-26-23(30)24-4/h6,8-11,14-16H,7,12-13H2,1-5H3,(H2,24,26,30)/b25-15+. The van der Waals surface area contributed by atoms with Crippen molar-refractivity contribution in [2.45, 2.75) is 33.1 Å². The normalized spacial score (nSPS) is 10.9. The first-order valence-corrected chi connectivity index (χ1v) is 10.4. The van der Waals surface area contributed by atoms with Crippen LogP contribution in [0, 0.1) is 6.92 Å². The summed E-state index contributed by atoms with van der Waals surface area (Å²) < 4.78 is 17.5. The Bertz CT molecular complexity index is 869. The Balaban J connectivity index is 1.96. The zero-order valence-electron chi connectivity index (χ0n) is 18.3. The summed E-state index contributed by atoms with van der Waals surface area (Å²) in [6.45, 7) is 7.47. The van der Waals surface area contributed by atoms with E-state index < -0.39 is 0 Å². The van der Waals surface area contributed by atoms with Crippen LogP contribution in [0.3, 0.4) is 0 Å².